The molecular formula is C20H24N2O3. The zero-order valence-corrected chi connectivity index (χ0v) is 14.9. The van der Waals surface area contributed by atoms with Crippen molar-refractivity contribution < 1.29 is 14.3 Å². The molecule has 5 heteroatoms. The van der Waals surface area contributed by atoms with Crippen molar-refractivity contribution in [3.63, 3.8) is 0 Å². The first-order valence-corrected chi connectivity index (χ1v) is 8.42. The van der Waals surface area contributed by atoms with E-state index in [1.165, 1.54) is 0 Å². The fourth-order valence-corrected chi connectivity index (χ4v) is 2.37. The predicted octanol–water partition coefficient (Wildman–Crippen LogP) is 3.49. The highest BCUT2D eigenvalue weighted by Gasteiger charge is 2.12. The summed E-state index contributed by atoms with van der Waals surface area (Å²) >= 11 is 0. The van der Waals surface area contributed by atoms with Gasteiger partial charge in [0, 0.05) is 24.3 Å². The highest BCUT2D eigenvalue weighted by molar-refractivity contribution is 5.94. The Kier molecular flexibility index (Phi) is 6.57. The molecule has 0 bridgehead atoms. The summed E-state index contributed by atoms with van der Waals surface area (Å²) in [5, 5.41) is 2.77. The van der Waals surface area contributed by atoms with E-state index in [2.05, 4.69) is 5.32 Å². The van der Waals surface area contributed by atoms with Crippen molar-refractivity contribution in [3.05, 3.63) is 59.7 Å². The maximum Gasteiger partial charge on any atom is 0.262 e. The molecule has 0 aromatic heterocycles. The van der Waals surface area contributed by atoms with Crippen LogP contribution in [0.2, 0.25) is 0 Å². The van der Waals surface area contributed by atoms with Gasteiger partial charge in [-0.3, -0.25) is 9.59 Å². The molecule has 2 rings (SSSR count). The van der Waals surface area contributed by atoms with E-state index >= 15 is 0 Å². The fraction of sp³-hybridized carbons (Fsp3) is 0.300. The maximum atomic E-state index is 12.2. The SMILES string of the molecule is CCN(CC)C(=O)c1ccc(OCC(=O)Nc2ccc(C)cc2)cc1. The number of aryl methyl sites for hydroxylation is 1. The Morgan fingerprint density at radius 2 is 1.56 bits per heavy atom. The summed E-state index contributed by atoms with van der Waals surface area (Å²) < 4.78 is 5.47. The molecule has 0 heterocycles. The van der Waals surface area contributed by atoms with Crippen LogP contribution in [0, 0.1) is 6.92 Å². The Bertz CT molecular complexity index is 705. The minimum Gasteiger partial charge on any atom is -0.484 e. The number of ether oxygens (including phenoxy) is 1. The number of carbonyl (C=O) groups excluding carboxylic acids is 2. The number of nitrogens with zero attached hydrogens (tertiary/aromatic N) is 1. The molecule has 0 radical (unpaired) electrons. The lowest BCUT2D eigenvalue weighted by molar-refractivity contribution is -0.118. The number of rotatable bonds is 7. The first kappa shape index (κ1) is 18.5. The predicted molar refractivity (Wildman–Crippen MR) is 99.0 cm³/mol. The van der Waals surface area contributed by atoms with Gasteiger partial charge in [-0.2, -0.15) is 0 Å². The third kappa shape index (κ3) is 5.35. The molecule has 0 aliphatic heterocycles. The molecule has 132 valence electrons. The number of benzene rings is 2. The van der Waals surface area contributed by atoms with E-state index < -0.39 is 0 Å². The Morgan fingerprint density at radius 3 is 2.12 bits per heavy atom. The van der Waals surface area contributed by atoms with Gasteiger partial charge in [0.2, 0.25) is 0 Å². The number of carbonyl (C=O) groups is 2. The van der Waals surface area contributed by atoms with Crippen molar-refractivity contribution in [2.75, 3.05) is 25.0 Å². The molecule has 0 fully saturated rings. The Labute approximate surface area is 148 Å². The number of hydrogen-bond donors (Lipinski definition) is 1. The molecule has 0 aliphatic rings. The molecule has 1 N–H and O–H groups in total. The van der Waals surface area contributed by atoms with Crippen molar-refractivity contribution in [2.24, 2.45) is 0 Å². The van der Waals surface area contributed by atoms with Crippen LogP contribution in [0.25, 0.3) is 0 Å². The minimum absolute atomic E-state index is 0.00587. The second kappa shape index (κ2) is 8.87. The van der Waals surface area contributed by atoms with Crippen LogP contribution < -0.4 is 10.1 Å². The lowest BCUT2D eigenvalue weighted by atomic mass is 10.2. The van der Waals surface area contributed by atoms with Crippen molar-refractivity contribution in [1.29, 1.82) is 0 Å². The molecule has 0 atom stereocenters. The number of hydrogen-bond acceptors (Lipinski definition) is 3. The lowest BCUT2D eigenvalue weighted by Gasteiger charge is -2.18. The fourth-order valence-electron chi connectivity index (χ4n) is 2.37. The van der Waals surface area contributed by atoms with Crippen molar-refractivity contribution in [3.8, 4) is 5.75 Å². The van der Waals surface area contributed by atoms with Gasteiger partial charge in [0.25, 0.3) is 11.8 Å². The van der Waals surface area contributed by atoms with Crippen LogP contribution >= 0.6 is 0 Å². The topological polar surface area (TPSA) is 58.6 Å². The quantitative estimate of drug-likeness (QED) is 0.839. The summed E-state index contributed by atoms with van der Waals surface area (Å²) in [6.07, 6.45) is 0. The Balaban J connectivity index is 1.87. The van der Waals surface area contributed by atoms with E-state index in [1.54, 1.807) is 29.2 Å². The third-order valence-corrected chi connectivity index (χ3v) is 3.86. The van der Waals surface area contributed by atoms with E-state index in [0.29, 0.717) is 24.4 Å². The zero-order valence-electron chi connectivity index (χ0n) is 14.9. The molecule has 5 nitrogen and oxygen atoms in total. The summed E-state index contributed by atoms with van der Waals surface area (Å²) in [7, 11) is 0. The normalized spacial score (nSPS) is 10.2. The highest BCUT2D eigenvalue weighted by Crippen LogP contribution is 2.14. The average Bonchev–Trinajstić information content (AvgIpc) is 2.63. The van der Waals surface area contributed by atoms with Crippen molar-refractivity contribution >= 4 is 17.5 Å². The van der Waals surface area contributed by atoms with E-state index in [4.69, 9.17) is 4.74 Å². The second-order valence-corrected chi connectivity index (χ2v) is 5.70. The van der Waals surface area contributed by atoms with E-state index in [9.17, 15) is 9.59 Å². The summed E-state index contributed by atoms with van der Waals surface area (Å²) in [5.74, 6) is 0.316. The molecular weight excluding hydrogens is 316 g/mol. The van der Waals surface area contributed by atoms with Gasteiger partial charge in [-0.05, 0) is 57.2 Å². The molecule has 0 saturated carbocycles. The second-order valence-electron chi connectivity index (χ2n) is 5.70. The highest BCUT2D eigenvalue weighted by atomic mass is 16.5. The molecule has 0 unspecified atom stereocenters. The molecule has 2 aromatic carbocycles. The van der Waals surface area contributed by atoms with Gasteiger partial charge in [0.1, 0.15) is 5.75 Å². The van der Waals surface area contributed by atoms with Gasteiger partial charge in [-0.1, -0.05) is 17.7 Å². The molecule has 2 aromatic rings. The smallest absolute Gasteiger partial charge is 0.262 e. The average molecular weight is 340 g/mol. The minimum atomic E-state index is -0.229. The van der Waals surface area contributed by atoms with Crippen LogP contribution in [-0.2, 0) is 4.79 Å². The monoisotopic (exact) mass is 340 g/mol. The Hall–Kier alpha value is -2.82. The molecule has 0 saturated heterocycles. The molecule has 2 amide bonds. The summed E-state index contributed by atoms with van der Waals surface area (Å²) in [6, 6.07) is 14.4. The van der Waals surface area contributed by atoms with E-state index in [-0.39, 0.29) is 18.4 Å². The lowest BCUT2D eigenvalue weighted by Crippen LogP contribution is -2.30. The van der Waals surface area contributed by atoms with Crippen molar-refractivity contribution in [1.82, 2.24) is 4.90 Å². The van der Waals surface area contributed by atoms with Crippen molar-refractivity contribution in [2.45, 2.75) is 20.8 Å². The van der Waals surface area contributed by atoms with Gasteiger partial charge in [0.05, 0.1) is 0 Å². The summed E-state index contributed by atoms with van der Waals surface area (Å²) in [5.41, 5.74) is 2.48. The standard InChI is InChI=1S/C20H24N2O3/c1-4-22(5-2)20(24)16-8-12-18(13-9-16)25-14-19(23)21-17-10-6-15(3)7-11-17/h6-13H,4-5,14H2,1-3H3,(H,21,23). The summed E-state index contributed by atoms with van der Waals surface area (Å²) in [4.78, 5) is 25.9. The van der Waals surface area contributed by atoms with Crippen LogP contribution in [0.5, 0.6) is 5.75 Å². The van der Waals surface area contributed by atoms with E-state index in [0.717, 1.165) is 11.3 Å². The van der Waals surface area contributed by atoms with Gasteiger partial charge >= 0.3 is 0 Å². The van der Waals surface area contributed by atoms with Crippen LogP contribution in [0.15, 0.2) is 48.5 Å². The third-order valence-electron chi connectivity index (χ3n) is 3.86. The van der Waals surface area contributed by atoms with E-state index in [1.807, 2.05) is 45.0 Å². The number of amides is 2. The Morgan fingerprint density at radius 1 is 0.960 bits per heavy atom. The molecule has 0 spiro atoms. The number of nitrogens with one attached hydrogen (secondary N) is 1. The van der Waals surface area contributed by atoms with Gasteiger partial charge in [-0.15, -0.1) is 0 Å². The maximum absolute atomic E-state index is 12.2. The van der Waals surface area contributed by atoms with Crippen LogP contribution in [0.4, 0.5) is 5.69 Å². The van der Waals surface area contributed by atoms with Gasteiger partial charge in [0.15, 0.2) is 6.61 Å². The first-order valence-electron chi connectivity index (χ1n) is 8.42. The summed E-state index contributed by atoms with van der Waals surface area (Å²) in [6.45, 7) is 7.15. The molecule has 25 heavy (non-hydrogen) atoms. The van der Waals surface area contributed by atoms with Crippen LogP contribution in [0.1, 0.15) is 29.8 Å². The van der Waals surface area contributed by atoms with Crippen LogP contribution in [-0.4, -0.2) is 36.4 Å². The van der Waals surface area contributed by atoms with Gasteiger partial charge in [-0.25, -0.2) is 0 Å². The zero-order chi connectivity index (χ0) is 18.2. The molecule has 0 aliphatic carbocycles. The van der Waals surface area contributed by atoms with Crippen LogP contribution in [0.3, 0.4) is 0 Å². The first-order chi connectivity index (χ1) is 12.0. The van der Waals surface area contributed by atoms with Gasteiger partial charge < -0.3 is 15.0 Å². The largest absolute Gasteiger partial charge is 0.484 e. The number of anilines is 1.